The van der Waals surface area contributed by atoms with Crippen LogP contribution in [0.4, 0.5) is 14.9 Å². The molecule has 0 radical (unpaired) electrons. The van der Waals surface area contributed by atoms with Gasteiger partial charge in [-0.2, -0.15) is 0 Å². The van der Waals surface area contributed by atoms with E-state index in [1.165, 1.54) is 24.6 Å². The number of nitrogens with zero attached hydrogens (tertiary/aromatic N) is 2. The number of carbonyl (C=O) groups is 2. The maximum atomic E-state index is 15.2. The molecule has 0 N–H and O–H groups in total. The van der Waals surface area contributed by atoms with Gasteiger partial charge in [0.2, 0.25) is 0 Å². The molecule has 7 nitrogen and oxygen atoms in total. The minimum atomic E-state index is -1.64. The Balaban J connectivity index is 2.18. The molecule has 1 aliphatic carbocycles. The van der Waals surface area contributed by atoms with Crippen molar-refractivity contribution in [3.05, 3.63) is 41.0 Å². The van der Waals surface area contributed by atoms with Crippen LogP contribution < -0.4 is 4.90 Å². The van der Waals surface area contributed by atoms with E-state index in [1.807, 2.05) is 0 Å². The van der Waals surface area contributed by atoms with Crippen LogP contribution in [0.25, 0.3) is 0 Å². The first-order chi connectivity index (χ1) is 12.9. The van der Waals surface area contributed by atoms with Crippen molar-refractivity contribution in [2.24, 2.45) is 0 Å². The Labute approximate surface area is 157 Å². The molecule has 0 saturated heterocycles. The highest BCUT2D eigenvalue weighted by atomic mass is 32.2. The minimum absolute atomic E-state index is 0.0425. The third-order valence-corrected chi connectivity index (χ3v) is 5.34. The number of methoxy groups -OCH3 is 1. The Kier molecular flexibility index (Phi) is 5.41. The van der Waals surface area contributed by atoms with E-state index in [1.54, 1.807) is 6.92 Å². The second kappa shape index (κ2) is 7.59. The molecule has 1 amide bonds. The van der Waals surface area contributed by atoms with Crippen LogP contribution in [0, 0.1) is 5.82 Å². The van der Waals surface area contributed by atoms with Crippen LogP contribution in [0.3, 0.4) is 0 Å². The zero-order valence-corrected chi connectivity index (χ0v) is 16.0. The van der Waals surface area contributed by atoms with E-state index < -0.39 is 28.5 Å². The average molecular weight is 394 g/mol. The van der Waals surface area contributed by atoms with Gasteiger partial charge in [-0.3, -0.25) is 13.9 Å². The lowest BCUT2D eigenvalue weighted by atomic mass is 10.00. The van der Waals surface area contributed by atoms with Crippen molar-refractivity contribution in [3.8, 4) is 0 Å². The van der Waals surface area contributed by atoms with Gasteiger partial charge in [0.05, 0.1) is 40.3 Å². The van der Waals surface area contributed by atoms with Crippen LogP contribution in [0.2, 0.25) is 0 Å². The molecule has 1 heterocycles. The van der Waals surface area contributed by atoms with Gasteiger partial charge in [-0.15, -0.1) is 0 Å². The van der Waals surface area contributed by atoms with E-state index in [2.05, 4.69) is 5.16 Å². The molecule has 1 unspecified atom stereocenters. The molecule has 0 bridgehead atoms. The maximum Gasteiger partial charge on any atom is 0.414 e. The zero-order chi connectivity index (χ0) is 19.7. The first-order valence-corrected chi connectivity index (χ1v) is 9.97. The van der Waals surface area contributed by atoms with Gasteiger partial charge in [0.25, 0.3) is 0 Å². The van der Waals surface area contributed by atoms with Gasteiger partial charge in [-0.1, -0.05) is 5.16 Å². The smallest absolute Gasteiger partial charge is 0.414 e. The van der Waals surface area contributed by atoms with Crippen LogP contribution in [0.5, 0.6) is 0 Å². The number of aromatic nitrogens is 1. The van der Waals surface area contributed by atoms with E-state index in [0.717, 1.165) is 24.9 Å². The van der Waals surface area contributed by atoms with Crippen molar-refractivity contribution in [2.45, 2.75) is 30.6 Å². The van der Waals surface area contributed by atoms with Gasteiger partial charge < -0.3 is 9.26 Å². The molecule has 0 aliphatic heterocycles. The van der Waals surface area contributed by atoms with Crippen LogP contribution in [0.15, 0.2) is 27.7 Å². The van der Waals surface area contributed by atoms with Gasteiger partial charge in [0, 0.05) is 24.3 Å². The predicted molar refractivity (Wildman–Crippen MR) is 96.1 cm³/mol. The van der Waals surface area contributed by atoms with Gasteiger partial charge in [-0.05, 0) is 31.9 Å². The molecule has 1 fully saturated rings. The molecule has 2 aromatic rings. The number of benzene rings is 1. The Hall–Kier alpha value is -2.55. The fraction of sp³-hybridized carbons (Fsp3) is 0.389. The Morgan fingerprint density at radius 3 is 2.63 bits per heavy atom. The SMILES string of the molecule is CCN(C(=O)OC)c1c(C(=O)c2cnoc2C2CC2)ccc(S(C)=O)c1F. The number of amides is 1. The highest BCUT2D eigenvalue weighted by molar-refractivity contribution is 7.84. The number of ether oxygens (including phenoxy) is 1. The average Bonchev–Trinajstić information content (AvgIpc) is 3.38. The Bertz CT molecular complexity index is 922. The van der Waals surface area contributed by atoms with Crippen molar-refractivity contribution in [3.63, 3.8) is 0 Å². The fourth-order valence-electron chi connectivity index (χ4n) is 2.91. The summed E-state index contributed by atoms with van der Waals surface area (Å²) in [6.45, 7) is 1.68. The van der Waals surface area contributed by atoms with Gasteiger partial charge in [0.15, 0.2) is 17.4 Å². The van der Waals surface area contributed by atoms with Gasteiger partial charge >= 0.3 is 6.09 Å². The number of anilines is 1. The summed E-state index contributed by atoms with van der Waals surface area (Å²) in [7, 11) is -0.476. The standard InChI is InChI=1S/C18H19FN2O5S/c1-4-21(18(23)25-2)15-11(7-8-13(14(15)19)27(3)24)16(22)12-9-20-26-17(12)10-5-6-10/h7-10H,4-6H2,1-3H3. The molecule has 27 heavy (non-hydrogen) atoms. The van der Waals surface area contributed by atoms with Crippen molar-refractivity contribution < 1.29 is 27.4 Å². The van der Waals surface area contributed by atoms with E-state index in [0.29, 0.717) is 5.76 Å². The Morgan fingerprint density at radius 1 is 1.37 bits per heavy atom. The van der Waals surface area contributed by atoms with E-state index in [9.17, 15) is 13.8 Å². The lowest BCUT2D eigenvalue weighted by Gasteiger charge is -2.23. The number of rotatable bonds is 6. The molecule has 1 saturated carbocycles. The van der Waals surface area contributed by atoms with Crippen LogP contribution in [-0.2, 0) is 15.5 Å². The number of hydrogen-bond donors (Lipinski definition) is 0. The molecule has 0 spiro atoms. The highest BCUT2D eigenvalue weighted by Crippen LogP contribution is 2.42. The molecular weight excluding hydrogens is 375 g/mol. The molecule has 144 valence electrons. The summed E-state index contributed by atoms with van der Waals surface area (Å²) in [5.41, 5.74) is -0.0616. The second-order valence-electron chi connectivity index (χ2n) is 6.15. The molecule has 3 rings (SSSR count). The fourth-order valence-corrected chi connectivity index (χ4v) is 3.52. The summed E-state index contributed by atoms with van der Waals surface area (Å²) in [6, 6.07) is 2.66. The van der Waals surface area contributed by atoms with E-state index >= 15 is 4.39 Å². The third-order valence-electron chi connectivity index (χ3n) is 4.41. The van der Waals surface area contributed by atoms with Crippen molar-refractivity contribution >= 4 is 28.4 Å². The highest BCUT2D eigenvalue weighted by Gasteiger charge is 2.35. The quantitative estimate of drug-likeness (QED) is 0.699. The molecule has 1 atom stereocenters. The lowest BCUT2D eigenvalue weighted by molar-refractivity contribution is 0.103. The second-order valence-corrected chi connectivity index (χ2v) is 7.50. The number of ketones is 1. The first kappa shape index (κ1) is 19.2. The summed E-state index contributed by atoms with van der Waals surface area (Å²) in [5.74, 6) is -0.804. The molecule has 9 heteroatoms. The summed E-state index contributed by atoms with van der Waals surface area (Å²) >= 11 is 0. The van der Waals surface area contributed by atoms with E-state index in [-0.39, 0.29) is 34.2 Å². The topological polar surface area (TPSA) is 89.7 Å². The normalized spacial score (nSPS) is 14.7. The van der Waals surface area contributed by atoms with Crippen molar-refractivity contribution in [1.82, 2.24) is 5.16 Å². The van der Waals surface area contributed by atoms with Crippen LogP contribution in [-0.4, -0.2) is 41.2 Å². The van der Waals surface area contributed by atoms with E-state index in [4.69, 9.17) is 9.26 Å². The number of carbonyl (C=O) groups excluding carboxylic acids is 2. The van der Waals surface area contributed by atoms with Crippen molar-refractivity contribution in [1.29, 1.82) is 0 Å². The summed E-state index contributed by atoms with van der Waals surface area (Å²) in [6.07, 6.45) is 3.60. The maximum absolute atomic E-state index is 15.2. The number of hydrogen-bond acceptors (Lipinski definition) is 6. The zero-order valence-electron chi connectivity index (χ0n) is 15.2. The summed E-state index contributed by atoms with van der Waals surface area (Å²) in [5, 5.41) is 3.70. The first-order valence-electron chi connectivity index (χ1n) is 8.41. The van der Waals surface area contributed by atoms with Crippen LogP contribution in [0.1, 0.15) is 47.4 Å². The molecular formula is C18H19FN2O5S. The molecule has 1 aromatic heterocycles. The summed E-state index contributed by atoms with van der Waals surface area (Å²) in [4.78, 5) is 26.2. The Morgan fingerprint density at radius 2 is 2.07 bits per heavy atom. The number of halogens is 1. The monoisotopic (exact) mass is 394 g/mol. The third kappa shape index (κ3) is 3.51. The minimum Gasteiger partial charge on any atom is -0.452 e. The largest absolute Gasteiger partial charge is 0.452 e. The van der Waals surface area contributed by atoms with Crippen molar-refractivity contribution in [2.75, 3.05) is 24.8 Å². The van der Waals surface area contributed by atoms with Gasteiger partial charge in [0.1, 0.15) is 0 Å². The molecule has 1 aromatic carbocycles. The predicted octanol–water partition coefficient (Wildman–Crippen LogP) is 3.25. The lowest BCUT2D eigenvalue weighted by Crippen LogP contribution is -2.33. The summed E-state index contributed by atoms with van der Waals surface area (Å²) < 4.78 is 36.9. The van der Waals surface area contributed by atoms with Gasteiger partial charge in [-0.25, -0.2) is 9.18 Å². The molecule has 1 aliphatic rings. The van der Waals surface area contributed by atoms with Crippen LogP contribution >= 0.6 is 0 Å².